The molecule has 35 heavy (non-hydrogen) atoms. The summed E-state index contributed by atoms with van der Waals surface area (Å²) in [5.74, 6) is 0.964. The number of halogens is 3. The maximum Gasteiger partial charge on any atom is 0.416 e. The Bertz CT molecular complexity index is 923. The molecule has 5 nitrogen and oxygen atoms in total. The van der Waals surface area contributed by atoms with E-state index in [4.69, 9.17) is 4.74 Å². The molecule has 0 aromatic heterocycles. The van der Waals surface area contributed by atoms with Crippen LogP contribution in [0.15, 0.2) is 48.5 Å². The highest BCUT2D eigenvalue weighted by molar-refractivity contribution is 5.49. The van der Waals surface area contributed by atoms with Gasteiger partial charge in [0.2, 0.25) is 0 Å². The van der Waals surface area contributed by atoms with Gasteiger partial charge in [-0.05, 0) is 50.2 Å². The molecule has 4 rings (SSSR count). The predicted octanol–water partition coefficient (Wildman–Crippen LogP) is 4.43. The Balaban J connectivity index is 1.10. The van der Waals surface area contributed by atoms with E-state index in [2.05, 4.69) is 31.7 Å². The van der Waals surface area contributed by atoms with Gasteiger partial charge in [0.25, 0.3) is 0 Å². The number of piperazine rings is 2. The maximum atomic E-state index is 13.0. The van der Waals surface area contributed by atoms with E-state index in [1.54, 1.807) is 13.2 Å². The lowest BCUT2D eigenvalue weighted by Gasteiger charge is -2.37. The molecular weight excluding hydrogens is 453 g/mol. The minimum atomic E-state index is -4.29. The van der Waals surface area contributed by atoms with E-state index in [1.807, 2.05) is 12.1 Å². The quantitative estimate of drug-likeness (QED) is 0.484. The zero-order valence-electron chi connectivity index (χ0n) is 20.6. The molecule has 2 aliphatic rings. The SMILES string of the molecule is COc1ccccc1CN1CCN(CCCCN2CCN(c3cccc(C(F)(F)F)c3)CC2)CC1. The van der Waals surface area contributed by atoms with Crippen LogP contribution < -0.4 is 9.64 Å². The largest absolute Gasteiger partial charge is 0.496 e. The molecule has 0 spiro atoms. The van der Waals surface area contributed by atoms with Gasteiger partial charge in [-0.15, -0.1) is 0 Å². The van der Waals surface area contributed by atoms with Gasteiger partial charge in [-0.1, -0.05) is 24.3 Å². The molecule has 0 atom stereocenters. The van der Waals surface area contributed by atoms with Crippen LogP contribution in [0, 0.1) is 0 Å². The second kappa shape index (κ2) is 12.1. The normalized spacial score (nSPS) is 18.7. The van der Waals surface area contributed by atoms with E-state index >= 15 is 0 Å². The van der Waals surface area contributed by atoms with Crippen molar-refractivity contribution in [3.05, 3.63) is 59.7 Å². The molecule has 0 bridgehead atoms. The van der Waals surface area contributed by atoms with Gasteiger partial charge in [0.1, 0.15) is 5.75 Å². The van der Waals surface area contributed by atoms with E-state index < -0.39 is 11.7 Å². The van der Waals surface area contributed by atoms with Crippen LogP contribution in [0.2, 0.25) is 0 Å². The highest BCUT2D eigenvalue weighted by Crippen LogP contribution is 2.32. The molecule has 0 saturated carbocycles. The maximum absolute atomic E-state index is 13.0. The predicted molar refractivity (Wildman–Crippen MR) is 134 cm³/mol. The van der Waals surface area contributed by atoms with Crippen molar-refractivity contribution in [1.82, 2.24) is 14.7 Å². The van der Waals surface area contributed by atoms with Gasteiger partial charge in [0.05, 0.1) is 12.7 Å². The summed E-state index contributed by atoms with van der Waals surface area (Å²) in [5.41, 5.74) is 1.35. The highest BCUT2D eigenvalue weighted by Gasteiger charge is 2.31. The Morgan fingerprint density at radius 1 is 0.743 bits per heavy atom. The number of rotatable bonds is 9. The number of nitrogens with zero attached hydrogens (tertiary/aromatic N) is 4. The van der Waals surface area contributed by atoms with Gasteiger partial charge in [0, 0.05) is 70.2 Å². The average Bonchev–Trinajstić information content (AvgIpc) is 2.88. The average molecular weight is 491 g/mol. The Hall–Kier alpha value is -2.29. The second-order valence-corrected chi connectivity index (χ2v) is 9.51. The van der Waals surface area contributed by atoms with Crippen LogP contribution in [-0.4, -0.2) is 87.3 Å². The molecule has 0 N–H and O–H groups in total. The van der Waals surface area contributed by atoms with Crippen LogP contribution in [0.1, 0.15) is 24.0 Å². The fourth-order valence-electron chi connectivity index (χ4n) is 5.02. The molecule has 0 radical (unpaired) electrons. The van der Waals surface area contributed by atoms with Gasteiger partial charge >= 0.3 is 6.18 Å². The summed E-state index contributed by atoms with van der Waals surface area (Å²) in [6, 6.07) is 13.9. The minimum Gasteiger partial charge on any atom is -0.496 e. The van der Waals surface area contributed by atoms with Gasteiger partial charge in [-0.3, -0.25) is 9.80 Å². The smallest absolute Gasteiger partial charge is 0.416 e. The molecule has 192 valence electrons. The molecule has 2 fully saturated rings. The number of unbranched alkanes of at least 4 members (excludes halogenated alkanes) is 1. The van der Waals surface area contributed by atoms with Crippen LogP contribution in [0.5, 0.6) is 5.75 Å². The minimum absolute atomic E-state index is 0.571. The first-order valence-electron chi connectivity index (χ1n) is 12.6. The lowest BCUT2D eigenvalue weighted by molar-refractivity contribution is -0.137. The number of benzene rings is 2. The van der Waals surface area contributed by atoms with E-state index in [0.717, 1.165) is 90.2 Å². The lowest BCUT2D eigenvalue weighted by Crippen LogP contribution is -2.47. The first-order valence-corrected chi connectivity index (χ1v) is 12.6. The van der Waals surface area contributed by atoms with Crippen molar-refractivity contribution < 1.29 is 17.9 Å². The first kappa shape index (κ1) is 25.8. The molecule has 2 aromatic rings. The van der Waals surface area contributed by atoms with Gasteiger partial charge in [-0.25, -0.2) is 0 Å². The van der Waals surface area contributed by atoms with Gasteiger partial charge < -0.3 is 14.5 Å². The van der Waals surface area contributed by atoms with Crippen molar-refractivity contribution in [1.29, 1.82) is 0 Å². The highest BCUT2D eigenvalue weighted by atomic mass is 19.4. The van der Waals surface area contributed by atoms with E-state index in [1.165, 1.54) is 24.1 Å². The van der Waals surface area contributed by atoms with E-state index in [-0.39, 0.29) is 0 Å². The summed E-state index contributed by atoms with van der Waals surface area (Å²) >= 11 is 0. The molecule has 0 unspecified atom stereocenters. The van der Waals surface area contributed by atoms with Crippen molar-refractivity contribution in [2.45, 2.75) is 25.6 Å². The van der Waals surface area contributed by atoms with Crippen LogP contribution in [0.4, 0.5) is 18.9 Å². The number of alkyl halides is 3. The summed E-state index contributed by atoms with van der Waals surface area (Å²) in [4.78, 5) is 9.56. The lowest BCUT2D eigenvalue weighted by atomic mass is 10.1. The van der Waals surface area contributed by atoms with E-state index in [9.17, 15) is 13.2 Å². The molecule has 2 saturated heterocycles. The third-order valence-electron chi connectivity index (χ3n) is 7.16. The third-order valence-corrected chi connectivity index (χ3v) is 7.16. The first-order chi connectivity index (χ1) is 16.9. The molecule has 8 heteroatoms. The van der Waals surface area contributed by atoms with Crippen LogP contribution in [0.3, 0.4) is 0 Å². The summed E-state index contributed by atoms with van der Waals surface area (Å²) in [6.07, 6.45) is -1.95. The number of hydrogen-bond donors (Lipinski definition) is 0. The fraction of sp³-hybridized carbons (Fsp3) is 0.556. The third kappa shape index (κ3) is 7.35. The van der Waals surface area contributed by atoms with Crippen molar-refractivity contribution in [3.63, 3.8) is 0 Å². The molecule has 0 amide bonds. The Labute approximate surface area is 207 Å². The number of hydrogen-bond acceptors (Lipinski definition) is 5. The van der Waals surface area contributed by atoms with Gasteiger partial charge in [0.15, 0.2) is 0 Å². The summed E-state index contributed by atoms with van der Waals surface area (Å²) in [7, 11) is 1.73. The summed E-state index contributed by atoms with van der Waals surface area (Å²) < 4.78 is 44.5. The standard InChI is InChI=1S/C27H37F3N4O/c1-35-26-10-3-2-7-23(26)22-33-15-13-31(14-16-33)11-4-5-12-32-17-19-34(20-18-32)25-9-6-8-24(21-25)27(28,29)30/h2-3,6-10,21H,4-5,11-20,22H2,1H3. The molecule has 2 aliphatic heterocycles. The Kier molecular flexibility index (Phi) is 8.92. The molecule has 2 aromatic carbocycles. The van der Waals surface area contributed by atoms with Gasteiger partial charge in [-0.2, -0.15) is 13.2 Å². The fourth-order valence-corrected chi connectivity index (χ4v) is 5.02. The van der Waals surface area contributed by atoms with Crippen LogP contribution in [-0.2, 0) is 12.7 Å². The van der Waals surface area contributed by atoms with Crippen LogP contribution >= 0.6 is 0 Å². The van der Waals surface area contributed by atoms with Crippen molar-refractivity contribution in [2.24, 2.45) is 0 Å². The summed E-state index contributed by atoms with van der Waals surface area (Å²) in [6.45, 7) is 10.8. The number of ether oxygens (including phenoxy) is 1. The van der Waals surface area contributed by atoms with Crippen molar-refractivity contribution in [2.75, 3.05) is 77.5 Å². The molecule has 2 heterocycles. The second-order valence-electron chi connectivity index (χ2n) is 9.51. The Morgan fingerprint density at radius 3 is 1.97 bits per heavy atom. The Morgan fingerprint density at radius 2 is 1.34 bits per heavy atom. The topological polar surface area (TPSA) is 22.2 Å². The summed E-state index contributed by atoms with van der Waals surface area (Å²) in [5, 5.41) is 0. The zero-order valence-corrected chi connectivity index (χ0v) is 20.6. The monoisotopic (exact) mass is 490 g/mol. The van der Waals surface area contributed by atoms with E-state index in [0.29, 0.717) is 5.69 Å². The molecular formula is C27H37F3N4O. The van der Waals surface area contributed by atoms with Crippen molar-refractivity contribution >= 4 is 5.69 Å². The number of anilines is 1. The van der Waals surface area contributed by atoms with Crippen molar-refractivity contribution in [3.8, 4) is 5.75 Å². The molecule has 0 aliphatic carbocycles. The van der Waals surface area contributed by atoms with Crippen LogP contribution in [0.25, 0.3) is 0 Å². The number of para-hydroxylation sites is 1. The number of methoxy groups -OCH3 is 1. The zero-order chi connectivity index (χ0) is 24.7.